The van der Waals surface area contributed by atoms with Gasteiger partial charge in [-0.15, -0.1) is 6.58 Å². The molecule has 0 aliphatic rings. The first-order valence-electron chi connectivity index (χ1n) is 13.9. The second kappa shape index (κ2) is 16.4. The van der Waals surface area contributed by atoms with Crippen LogP contribution in [0, 0.1) is 18.8 Å². The van der Waals surface area contributed by atoms with E-state index < -0.39 is 0 Å². The third-order valence-electron chi connectivity index (χ3n) is 6.82. The molecule has 0 spiro atoms. The van der Waals surface area contributed by atoms with Crippen molar-refractivity contribution in [1.82, 2.24) is 9.88 Å². The highest BCUT2D eigenvalue weighted by atomic mass is 16.1. The summed E-state index contributed by atoms with van der Waals surface area (Å²) in [6.07, 6.45) is 12.9. The minimum atomic E-state index is -0.0689. The summed E-state index contributed by atoms with van der Waals surface area (Å²) in [6.45, 7) is 27.9. The third-order valence-corrected chi connectivity index (χ3v) is 6.82. The van der Waals surface area contributed by atoms with Crippen molar-refractivity contribution in [3.8, 4) is 0 Å². The molecule has 2 aromatic rings. The number of aromatic amines is 1. The first kappa shape index (κ1) is 31.6. The summed E-state index contributed by atoms with van der Waals surface area (Å²) >= 11 is 0. The third kappa shape index (κ3) is 9.93. The number of fused-ring (bicyclic) bond motifs is 1. The van der Waals surface area contributed by atoms with E-state index in [-0.39, 0.29) is 5.56 Å². The number of pyridine rings is 1. The molecule has 3 atom stereocenters. The minimum absolute atomic E-state index is 0.0689. The van der Waals surface area contributed by atoms with Crippen LogP contribution in [0.3, 0.4) is 0 Å². The Labute approximate surface area is 220 Å². The van der Waals surface area contributed by atoms with Crippen molar-refractivity contribution < 1.29 is 0 Å². The fourth-order valence-electron chi connectivity index (χ4n) is 5.12. The van der Waals surface area contributed by atoms with Crippen LogP contribution in [0.1, 0.15) is 86.1 Å². The number of hydrogen-bond acceptors (Lipinski definition) is 2. The van der Waals surface area contributed by atoms with Crippen LogP contribution < -0.4 is 16.1 Å². The predicted molar refractivity (Wildman–Crippen MR) is 162 cm³/mol. The zero-order chi connectivity index (χ0) is 27.3. The second-order valence-corrected chi connectivity index (χ2v) is 10.6. The molecule has 0 aliphatic carbocycles. The van der Waals surface area contributed by atoms with E-state index in [1.807, 2.05) is 38.1 Å². The van der Waals surface area contributed by atoms with Crippen molar-refractivity contribution in [3.05, 3.63) is 69.0 Å². The number of H-pyrrole nitrogens is 1. The Bertz CT molecular complexity index is 1140. The van der Waals surface area contributed by atoms with Gasteiger partial charge in [-0.3, -0.25) is 9.69 Å². The molecule has 0 saturated heterocycles. The molecule has 1 heterocycles. The van der Waals surface area contributed by atoms with E-state index in [0.29, 0.717) is 17.3 Å². The maximum absolute atomic E-state index is 11.7. The van der Waals surface area contributed by atoms with Gasteiger partial charge in [-0.1, -0.05) is 94.7 Å². The average Bonchev–Trinajstić information content (AvgIpc) is 2.79. The highest BCUT2D eigenvalue weighted by molar-refractivity contribution is 5.83. The highest BCUT2D eigenvalue weighted by Gasteiger charge is 2.19. The number of aryl methyl sites for hydroxylation is 1. The van der Waals surface area contributed by atoms with Gasteiger partial charge in [0.1, 0.15) is 0 Å². The molecule has 36 heavy (non-hydrogen) atoms. The van der Waals surface area contributed by atoms with Crippen LogP contribution in [0.25, 0.3) is 23.4 Å². The lowest BCUT2D eigenvalue weighted by Gasteiger charge is -2.33. The van der Waals surface area contributed by atoms with E-state index in [9.17, 15) is 4.79 Å². The number of rotatable bonds is 12. The van der Waals surface area contributed by atoms with Crippen LogP contribution in [0.2, 0.25) is 0 Å². The molecule has 1 aromatic heterocycles. The molecule has 0 radical (unpaired) electrons. The van der Waals surface area contributed by atoms with E-state index in [4.69, 9.17) is 0 Å². The average molecular weight is 493 g/mol. The molecular formula is C33H52N2O. The largest absolute Gasteiger partial charge is 0.322 e. The Morgan fingerprint density at radius 2 is 1.78 bits per heavy atom. The molecule has 0 bridgehead atoms. The molecule has 2 rings (SSSR count). The van der Waals surface area contributed by atoms with Gasteiger partial charge in [-0.25, -0.2) is 0 Å². The molecule has 200 valence electrons. The normalized spacial score (nSPS) is 14.2. The van der Waals surface area contributed by atoms with Gasteiger partial charge >= 0.3 is 0 Å². The van der Waals surface area contributed by atoms with E-state index in [1.54, 1.807) is 0 Å². The van der Waals surface area contributed by atoms with Gasteiger partial charge in [0, 0.05) is 22.0 Å². The highest BCUT2D eigenvalue weighted by Crippen LogP contribution is 2.19. The fourth-order valence-corrected chi connectivity index (χ4v) is 5.12. The minimum Gasteiger partial charge on any atom is -0.322 e. The van der Waals surface area contributed by atoms with Gasteiger partial charge in [-0.2, -0.15) is 0 Å². The number of allylic oxidation sites excluding steroid dienone is 1. The number of nitrogens with zero attached hydrogens (tertiary/aromatic N) is 1. The van der Waals surface area contributed by atoms with E-state index in [1.165, 1.54) is 50.8 Å². The predicted octanol–water partition coefficient (Wildman–Crippen LogP) is 7.12. The molecule has 0 amide bonds. The van der Waals surface area contributed by atoms with Crippen LogP contribution in [0.15, 0.2) is 47.3 Å². The van der Waals surface area contributed by atoms with Crippen molar-refractivity contribution in [2.45, 2.75) is 93.5 Å². The Hall–Kier alpha value is -2.39. The van der Waals surface area contributed by atoms with Gasteiger partial charge in [0.05, 0.1) is 0 Å². The van der Waals surface area contributed by atoms with Gasteiger partial charge in [-0.05, 0) is 77.3 Å². The summed E-state index contributed by atoms with van der Waals surface area (Å²) < 4.78 is 0. The van der Waals surface area contributed by atoms with Crippen LogP contribution in [0.5, 0.6) is 0 Å². The smallest absolute Gasteiger partial charge is 0.255 e. The van der Waals surface area contributed by atoms with Gasteiger partial charge in [0.2, 0.25) is 0 Å². The van der Waals surface area contributed by atoms with Crippen molar-refractivity contribution >= 4 is 23.4 Å². The summed E-state index contributed by atoms with van der Waals surface area (Å²) in [7, 11) is 0. The Morgan fingerprint density at radius 3 is 2.33 bits per heavy atom. The Morgan fingerprint density at radius 1 is 1.08 bits per heavy atom. The zero-order valence-electron chi connectivity index (χ0n) is 24.4. The number of nitrogens with one attached hydrogen (secondary N) is 1. The number of hydrogen-bond donors (Lipinski definition) is 1. The van der Waals surface area contributed by atoms with Gasteiger partial charge < -0.3 is 4.98 Å². The van der Waals surface area contributed by atoms with Crippen molar-refractivity contribution in [2.75, 3.05) is 13.1 Å². The lowest BCUT2D eigenvalue weighted by Crippen LogP contribution is -2.39. The summed E-state index contributed by atoms with van der Waals surface area (Å²) in [4.78, 5) is 17.1. The molecule has 0 saturated carbocycles. The van der Waals surface area contributed by atoms with E-state index >= 15 is 0 Å². The summed E-state index contributed by atoms with van der Waals surface area (Å²) in [5, 5.41) is 3.39. The van der Waals surface area contributed by atoms with Crippen molar-refractivity contribution in [3.63, 3.8) is 0 Å². The van der Waals surface area contributed by atoms with Crippen LogP contribution in [-0.2, 0) is 0 Å². The standard InChI is InChI=1S/C20H39N.C13H13NO/c1-8-12-18(6)13-11-15-21(14-9-2)20(10-3)19(7)16-17(4)5;1-4-10-12-7-8(2)5-6-11(12)9(3)14-13(10)15/h10,16,18-20H,3,8-9,11-15H2,1-2,4-7H3;4-7H,3H2,1-2H3,(H,14,15)/b;10-4-. The fraction of sp³-hybridized carbons (Fsp3) is 0.545. The quantitative estimate of drug-likeness (QED) is 0.320. The first-order chi connectivity index (χ1) is 17.1. The van der Waals surface area contributed by atoms with E-state index in [0.717, 1.165) is 27.5 Å². The molecule has 1 N–H and O–H groups in total. The molecule has 3 nitrogen and oxygen atoms in total. The number of aromatic nitrogens is 1. The Kier molecular flexibility index (Phi) is 14.4. The summed E-state index contributed by atoms with van der Waals surface area (Å²) in [6, 6.07) is 6.51. The lowest BCUT2D eigenvalue weighted by molar-refractivity contribution is 0.192. The first-order valence-corrected chi connectivity index (χ1v) is 13.9. The molecule has 3 heteroatoms. The van der Waals surface area contributed by atoms with Crippen molar-refractivity contribution in [2.24, 2.45) is 11.8 Å². The number of benzene rings is 1. The second-order valence-electron chi connectivity index (χ2n) is 10.6. The molecule has 1 aromatic carbocycles. The van der Waals surface area contributed by atoms with Gasteiger partial charge in [0.25, 0.3) is 5.56 Å². The maximum Gasteiger partial charge on any atom is 0.255 e. The maximum atomic E-state index is 11.7. The van der Waals surface area contributed by atoms with E-state index in [2.05, 4.69) is 76.7 Å². The summed E-state index contributed by atoms with van der Waals surface area (Å²) in [5.41, 5.74) is 2.48. The molecule has 0 aliphatic heterocycles. The molecule has 3 unspecified atom stereocenters. The molecule has 0 fully saturated rings. The van der Waals surface area contributed by atoms with Gasteiger partial charge in [0.15, 0.2) is 0 Å². The van der Waals surface area contributed by atoms with Crippen LogP contribution in [0.4, 0.5) is 0 Å². The Balaban J connectivity index is 0.000000377. The van der Waals surface area contributed by atoms with Crippen LogP contribution >= 0.6 is 0 Å². The van der Waals surface area contributed by atoms with Crippen LogP contribution in [-0.4, -0.2) is 29.0 Å². The topological polar surface area (TPSA) is 36.1 Å². The lowest BCUT2D eigenvalue weighted by atomic mass is 9.96. The zero-order valence-corrected chi connectivity index (χ0v) is 24.4. The summed E-state index contributed by atoms with van der Waals surface area (Å²) in [5.74, 6) is 1.42. The van der Waals surface area contributed by atoms with Crippen molar-refractivity contribution in [1.29, 1.82) is 0 Å². The molecular weight excluding hydrogens is 440 g/mol. The monoisotopic (exact) mass is 492 g/mol. The SMILES string of the molecule is C=CC(C(C)C=C(C)C)N(CCC)CCCC(C)CCC.C=c1[nH]c(=O)/c(=C\C)c2cc(C)ccc12.